The van der Waals surface area contributed by atoms with E-state index in [0.717, 1.165) is 22.9 Å². The number of allylic oxidation sites excluding steroid dienone is 5. The van der Waals surface area contributed by atoms with Crippen LogP contribution < -0.4 is 4.90 Å². The Labute approximate surface area is 265 Å². The zero-order valence-corrected chi connectivity index (χ0v) is 26.1. The summed E-state index contributed by atoms with van der Waals surface area (Å²) in [5.41, 5.74) is 2.78. The monoisotopic (exact) mass is 625 g/mol. The van der Waals surface area contributed by atoms with Crippen molar-refractivity contribution in [3.05, 3.63) is 125 Å². The number of nitrogens with zero attached hydrogens (tertiary/aromatic N) is 2. The van der Waals surface area contributed by atoms with E-state index in [9.17, 15) is 24.9 Å². The molecule has 0 atom stereocenters. The van der Waals surface area contributed by atoms with Crippen molar-refractivity contribution < 1.29 is 29.5 Å². The first-order valence-corrected chi connectivity index (χ1v) is 16.8. The van der Waals surface area contributed by atoms with E-state index >= 15 is 0 Å². The number of Topliss-reactive ketones (excluding diaryl/α,β-unsaturated/α-hetero) is 2. The van der Waals surface area contributed by atoms with Crippen LogP contribution in [0.4, 0.5) is 17.1 Å². The molecule has 2 aliphatic carbocycles. The Bertz CT molecular complexity index is 1740. The van der Waals surface area contributed by atoms with Crippen molar-refractivity contribution in [2.45, 2.75) is 0 Å². The SMILES string of the molecule is CSCCN(c1ccccc1)c1ccc(C2=C(O)/C(=C3C=C/C(=[N+](\CCSC)c4ccccc4)C=C\3O)C(=O)C2=O)c(O)c1. The zero-order valence-electron chi connectivity index (χ0n) is 24.4. The van der Waals surface area contributed by atoms with E-state index in [1.807, 2.05) is 82.7 Å². The van der Waals surface area contributed by atoms with Crippen molar-refractivity contribution >= 4 is 63.4 Å². The van der Waals surface area contributed by atoms with Gasteiger partial charge in [-0.3, -0.25) is 9.59 Å². The lowest BCUT2D eigenvalue weighted by molar-refractivity contribution is -0.433. The summed E-state index contributed by atoms with van der Waals surface area (Å²) in [4.78, 5) is 28.5. The minimum atomic E-state index is -0.947. The third kappa shape index (κ3) is 6.25. The van der Waals surface area contributed by atoms with E-state index < -0.39 is 17.3 Å². The van der Waals surface area contributed by atoms with Crippen LogP contribution in [0.3, 0.4) is 0 Å². The molecule has 7 nitrogen and oxygen atoms in total. The number of hydrogen-bond acceptors (Lipinski definition) is 8. The van der Waals surface area contributed by atoms with Gasteiger partial charge in [0.15, 0.2) is 6.54 Å². The summed E-state index contributed by atoms with van der Waals surface area (Å²) in [5, 5.41) is 33.4. The number of ketones is 2. The normalized spacial score (nSPS) is 17.7. The second-order valence-corrected chi connectivity index (χ2v) is 12.1. The molecule has 0 spiro atoms. The van der Waals surface area contributed by atoms with Crippen molar-refractivity contribution in [3.8, 4) is 5.75 Å². The Morgan fingerprint density at radius 3 is 2.05 bits per heavy atom. The van der Waals surface area contributed by atoms with Crippen LogP contribution in [0.2, 0.25) is 0 Å². The smallest absolute Gasteiger partial charge is 0.238 e. The first-order chi connectivity index (χ1) is 21.3. The number of hydrogen-bond donors (Lipinski definition) is 3. The molecule has 0 aliphatic heterocycles. The van der Waals surface area contributed by atoms with Gasteiger partial charge in [-0.25, -0.2) is 0 Å². The third-order valence-corrected chi connectivity index (χ3v) is 8.61. The quantitative estimate of drug-likeness (QED) is 0.129. The fourth-order valence-corrected chi connectivity index (χ4v) is 5.99. The number of thioether (sulfide) groups is 2. The number of aliphatic hydroxyl groups excluding tert-OH is 2. The van der Waals surface area contributed by atoms with Crippen LogP contribution in [-0.4, -0.2) is 74.3 Å². The Morgan fingerprint density at radius 2 is 1.41 bits per heavy atom. The number of carbonyl (C=O) groups is 2. The van der Waals surface area contributed by atoms with Gasteiger partial charge in [0, 0.05) is 59.1 Å². The van der Waals surface area contributed by atoms with Gasteiger partial charge in [-0.2, -0.15) is 28.1 Å². The van der Waals surface area contributed by atoms with Gasteiger partial charge in [0.25, 0.3) is 0 Å². The minimum absolute atomic E-state index is 0.0425. The van der Waals surface area contributed by atoms with Crippen molar-refractivity contribution in [1.82, 2.24) is 0 Å². The van der Waals surface area contributed by atoms with Crippen molar-refractivity contribution in [1.29, 1.82) is 0 Å². The Balaban J connectivity index is 1.53. The number of phenolic OH excluding ortho intramolecular Hbond substituents is 1. The van der Waals surface area contributed by atoms with E-state index in [-0.39, 0.29) is 33.8 Å². The molecule has 0 bridgehead atoms. The van der Waals surface area contributed by atoms with Gasteiger partial charge < -0.3 is 20.2 Å². The van der Waals surface area contributed by atoms with E-state index in [4.69, 9.17) is 0 Å². The molecule has 5 rings (SSSR count). The maximum absolute atomic E-state index is 13.2. The number of anilines is 2. The van der Waals surface area contributed by atoms with Crippen LogP contribution in [0.15, 0.2) is 120 Å². The predicted molar refractivity (Wildman–Crippen MR) is 181 cm³/mol. The average molecular weight is 626 g/mol. The number of rotatable bonds is 10. The van der Waals surface area contributed by atoms with E-state index in [1.54, 1.807) is 35.7 Å². The van der Waals surface area contributed by atoms with E-state index in [2.05, 4.69) is 0 Å². The maximum atomic E-state index is 13.2. The summed E-state index contributed by atoms with van der Waals surface area (Å²) in [6.07, 6.45) is 8.85. The van der Waals surface area contributed by atoms with E-state index in [1.165, 1.54) is 24.3 Å². The van der Waals surface area contributed by atoms with Gasteiger partial charge in [0.1, 0.15) is 17.3 Å². The lowest BCUT2D eigenvalue weighted by Crippen LogP contribution is -2.20. The molecule has 9 heteroatoms. The molecule has 0 heterocycles. The summed E-state index contributed by atoms with van der Waals surface area (Å²) in [5.74, 6) is -1.27. The lowest BCUT2D eigenvalue weighted by Gasteiger charge is -2.25. The number of phenols is 1. The third-order valence-electron chi connectivity index (χ3n) is 7.43. The summed E-state index contributed by atoms with van der Waals surface area (Å²) in [6, 6.07) is 24.3. The highest BCUT2D eigenvalue weighted by Gasteiger charge is 2.41. The molecule has 224 valence electrons. The molecule has 0 saturated heterocycles. The van der Waals surface area contributed by atoms with Crippen LogP contribution in [-0.2, 0) is 9.59 Å². The topological polar surface area (TPSA) is 101 Å². The van der Waals surface area contributed by atoms with Gasteiger partial charge in [-0.1, -0.05) is 36.4 Å². The molecule has 3 aromatic carbocycles. The molecule has 0 unspecified atom stereocenters. The van der Waals surface area contributed by atoms with Gasteiger partial charge in [0.2, 0.25) is 23.0 Å². The second kappa shape index (κ2) is 13.9. The van der Waals surface area contributed by atoms with Gasteiger partial charge in [0.05, 0.1) is 23.0 Å². The number of carbonyl (C=O) groups excluding carboxylic acids is 2. The molecule has 0 fully saturated rings. The molecular formula is C35H33N2O5S2+. The molecule has 0 saturated carbocycles. The highest BCUT2D eigenvalue weighted by molar-refractivity contribution is 7.98. The standard InChI is InChI=1S/C35H32N2O5S2/c1-43-19-17-36(23-9-5-3-6-10-23)25-13-15-27(29(38)21-25)31-33(40)32(35(42)34(31)41)28-16-14-26(22-30(28)39)37(18-20-44-2)24-11-7-4-8-12-24/h3-16,21-22H,17-20H2,1-2H3,(H2,38,39,40,41,42)/p+1. The average Bonchev–Trinajstić information content (AvgIpc) is 3.25. The van der Waals surface area contributed by atoms with Crippen LogP contribution in [0, 0.1) is 0 Å². The molecule has 3 N–H and O–H groups in total. The van der Waals surface area contributed by atoms with Crippen LogP contribution in [0.25, 0.3) is 5.57 Å². The van der Waals surface area contributed by atoms with Crippen molar-refractivity contribution in [2.24, 2.45) is 0 Å². The molecule has 2 aliphatic rings. The molecule has 0 aromatic heterocycles. The fraction of sp³-hybridized carbons (Fsp3) is 0.171. The maximum Gasteiger partial charge on any atom is 0.238 e. The molecule has 44 heavy (non-hydrogen) atoms. The molecule has 0 amide bonds. The summed E-state index contributed by atoms with van der Waals surface area (Å²) in [7, 11) is 0. The van der Waals surface area contributed by atoms with Crippen LogP contribution in [0.5, 0.6) is 5.75 Å². The fourth-order valence-electron chi connectivity index (χ4n) is 5.26. The first kappa shape index (κ1) is 31.0. The van der Waals surface area contributed by atoms with Gasteiger partial charge in [-0.05, 0) is 42.9 Å². The summed E-state index contributed by atoms with van der Waals surface area (Å²) in [6.45, 7) is 1.36. The minimum Gasteiger partial charge on any atom is -0.507 e. The number of benzene rings is 3. The Hall–Kier alpha value is -4.47. The zero-order chi connectivity index (χ0) is 31.2. The van der Waals surface area contributed by atoms with E-state index in [0.29, 0.717) is 24.5 Å². The first-order valence-electron chi connectivity index (χ1n) is 14.0. The van der Waals surface area contributed by atoms with Crippen molar-refractivity contribution in [3.63, 3.8) is 0 Å². The summed E-state index contributed by atoms with van der Waals surface area (Å²) < 4.78 is 2.05. The Kier molecular flexibility index (Phi) is 9.77. The Morgan fingerprint density at radius 1 is 0.750 bits per heavy atom. The molecular weight excluding hydrogens is 593 g/mol. The van der Waals surface area contributed by atoms with Gasteiger partial charge >= 0.3 is 0 Å². The molecule has 3 aromatic rings. The second-order valence-electron chi connectivity index (χ2n) is 10.1. The van der Waals surface area contributed by atoms with Crippen LogP contribution >= 0.6 is 23.5 Å². The van der Waals surface area contributed by atoms with Gasteiger partial charge in [-0.15, -0.1) is 0 Å². The summed E-state index contributed by atoms with van der Waals surface area (Å²) >= 11 is 3.40. The number of aliphatic hydroxyl groups is 2. The number of aromatic hydroxyl groups is 1. The lowest BCUT2D eigenvalue weighted by atomic mass is 9.98. The number of para-hydroxylation sites is 2. The van der Waals surface area contributed by atoms with Crippen molar-refractivity contribution in [2.75, 3.05) is 42.0 Å². The largest absolute Gasteiger partial charge is 0.507 e. The molecule has 0 radical (unpaired) electrons. The highest BCUT2D eigenvalue weighted by atomic mass is 32.2. The predicted octanol–water partition coefficient (Wildman–Crippen LogP) is 6.77. The van der Waals surface area contributed by atoms with Crippen LogP contribution in [0.1, 0.15) is 5.56 Å². The highest BCUT2D eigenvalue weighted by Crippen LogP contribution is 2.40.